The predicted molar refractivity (Wildman–Crippen MR) is 195 cm³/mol. The van der Waals surface area contributed by atoms with E-state index < -0.39 is 78.0 Å². The molecule has 0 bridgehead atoms. The van der Waals surface area contributed by atoms with Crippen molar-refractivity contribution < 1.29 is 38.7 Å². The Morgan fingerprint density at radius 2 is 1.31 bits per heavy atom. The lowest BCUT2D eigenvalue weighted by Gasteiger charge is -2.27. The lowest BCUT2D eigenvalue weighted by atomic mass is 9.93. The van der Waals surface area contributed by atoms with E-state index in [4.69, 9.17) is 5.73 Å². The third-order valence-electron chi connectivity index (χ3n) is 8.60. The summed E-state index contributed by atoms with van der Waals surface area (Å²) < 4.78 is 0. The SMILES string of the molecule is CCC(C)C(NC(=O)C(CC(C)C)NC(=O)C(Cc1ccccc1)NC(=O)O)C(=O)C(=O)NCC(=O)NC(Cc1ccc2ccccc2c1)C(N)=O. The topological polar surface area (TPSA) is 226 Å². The van der Waals surface area contributed by atoms with Crippen molar-refractivity contribution in [3.63, 3.8) is 0 Å². The van der Waals surface area contributed by atoms with Crippen molar-refractivity contribution in [2.24, 2.45) is 17.6 Å². The molecule has 52 heavy (non-hydrogen) atoms. The van der Waals surface area contributed by atoms with Crippen molar-refractivity contribution in [1.29, 1.82) is 0 Å². The third kappa shape index (κ3) is 12.5. The number of amides is 6. The Bertz CT molecular complexity index is 1750. The normalized spacial score (nSPS) is 13.9. The van der Waals surface area contributed by atoms with Gasteiger partial charge in [-0.3, -0.25) is 28.8 Å². The average Bonchev–Trinajstić information content (AvgIpc) is 3.11. The van der Waals surface area contributed by atoms with Crippen LogP contribution in [-0.2, 0) is 41.6 Å². The lowest BCUT2D eigenvalue weighted by Crippen LogP contribution is -2.58. The van der Waals surface area contributed by atoms with Gasteiger partial charge in [0.15, 0.2) is 0 Å². The molecule has 0 aromatic heterocycles. The van der Waals surface area contributed by atoms with Crippen LogP contribution in [0.1, 0.15) is 51.7 Å². The summed E-state index contributed by atoms with van der Waals surface area (Å²) in [6.45, 7) is 6.43. The summed E-state index contributed by atoms with van der Waals surface area (Å²) in [4.78, 5) is 89.7. The molecule has 0 aliphatic heterocycles. The van der Waals surface area contributed by atoms with Crippen LogP contribution in [0.5, 0.6) is 0 Å². The first-order valence-electron chi connectivity index (χ1n) is 17.2. The number of carboxylic acid groups (broad SMARTS) is 1. The molecule has 278 valence electrons. The first-order chi connectivity index (χ1) is 24.7. The number of ketones is 1. The summed E-state index contributed by atoms with van der Waals surface area (Å²) in [5.74, 6) is -5.78. The summed E-state index contributed by atoms with van der Waals surface area (Å²) in [7, 11) is 0. The number of benzene rings is 3. The number of nitrogens with one attached hydrogen (secondary N) is 5. The molecular formula is C38H48N6O8. The largest absolute Gasteiger partial charge is 0.465 e. The Kier molecular flexibility index (Phi) is 15.3. The molecule has 8 N–H and O–H groups in total. The van der Waals surface area contributed by atoms with E-state index in [0.717, 1.165) is 16.3 Å². The average molecular weight is 717 g/mol. The van der Waals surface area contributed by atoms with Crippen LogP contribution in [-0.4, -0.2) is 77.2 Å². The summed E-state index contributed by atoms with van der Waals surface area (Å²) in [6, 6.07) is 17.2. The van der Waals surface area contributed by atoms with Gasteiger partial charge in [-0.2, -0.15) is 0 Å². The monoisotopic (exact) mass is 716 g/mol. The highest BCUT2D eigenvalue weighted by molar-refractivity contribution is 6.38. The second-order valence-corrected chi connectivity index (χ2v) is 13.2. The Balaban J connectivity index is 1.65. The van der Waals surface area contributed by atoms with Gasteiger partial charge in [0.1, 0.15) is 18.1 Å². The molecular weight excluding hydrogens is 668 g/mol. The van der Waals surface area contributed by atoms with Gasteiger partial charge in [0.25, 0.3) is 5.91 Å². The maximum absolute atomic E-state index is 13.6. The second kappa shape index (κ2) is 19.6. The van der Waals surface area contributed by atoms with Crippen LogP contribution in [0, 0.1) is 11.8 Å². The highest BCUT2D eigenvalue weighted by Crippen LogP contribution is 2.17. The van der Waals surface area contributed by atoms with Crippen molar-refractivity contribution >= 4 is 52.2 Å². The van der Waals surface area contributed by atoms with Gasteiger partial charge in [0.05, 0.1) is 12.6 Å². The molecule has 0 saturated carbocycles. The zero-order valence-corrected chi connectivity index (χ0v) is 29.8. The Labute approximate surface area is 302 Å². The summed E-state index contributed by atoms with van der Waals surface area (Å²) in [6.07, 6.45) is -0.744. The van der Waals surface area contributed by atoms with Crippen molar-refractivity contribution in [3.05, 3.63) is 83.9 Å². The summed E-state index contributed by atoms with van der Waals surface area (Å²) >= 11 is 0. The van der Waals surface area contributed by atoms with Crippen LogP contribution in [0.25, 0.3) is 10.8 Å². The van der Waals surface area contributed by atoms with E-state index in [1.165, 1.54) is 0 Å². The quantitative estimate of drug-likeness (QED) is 0.0906. The maximum atomic E-state index is 13.6. The van der Waals surface area contributed by atoms with Gasteiger partial charge in [-0.1, -0.05) is 107 Å². The third-order valence-corrected chi connectivity index (χ3v) is 8.60. The summed E-state index contributed by atoms with van der Waals surface area (Å²) in [5.41, 5.74) is 7.00. The lowest BCUT2D eigenvalue weighted by molar-refractivity contribution is -0.142. The fourth-order valence-electron chi connectivity index (χ4n) is 5.60. The molecule has 0 fully saturated rings. The van der Waals surface area contributed by atoms with Crippen molar-refractivity contribution in [3.8, 4) is 0 Å². The van der Waals surface area contributed by atoms with E-state index in [-0.39, 0.29) is 25.2 Å². The molecule has 14 nitrogen and oxygen atoms in total. The number of carbonyl (C=O) groups is 7. The molecule has 5 unspecified atom stereocenters. The smallest absolute Gasteiger partial charge is 0.405 e. The number of fused-ring (bicyclic) bond motifs is 1. The van der Waals surface area contributed by atoms with Gasteiger partial charge in [-0.15, -0.1) is 0 Å². The van der Waals surface area contributed by atoms with Crippen LogP contribution >= 0.6 is 0 Å². The fraction of sp³-hybridized carbons (Fsp3) is 0.395. The number of Topliss-reactive ketones (excluding diaryl/α,β-unsaturated/α-hetero) is 1. The molecule has 0 spiro atoms. The van der Waals surface area contributed by atoms with Crippen LogP contribution in [0.15, 0.2) is 72.8 Å². The number of nitrogens with two attached hydrogens (primary N) is 1. The Morgan fingerprint density at radius 3 is 1.92 bits per heavy atom. The minimum atomic E-state index is -1.42. The zero-order chi connectivity index (χ0) is 38.4. The van der Waals surface area contributed by atoms with Crippen molar-refractivity contribution in [1.82, 2.24) is 26.6 Å². The second-order valence-electron chi connectivity index (χ2n) is 13.2. The molecule has 0 heterocycles. The number of rotatable bonds is 19. The highest BCUT2D eigenvalue weighted by Gasteiger charge is 2.35. The van der Waals surface area contributed by atoms with E-state index in [1.807, 2.05) is 56.3 Å². The molecule has 3 aromatic carbocycles. The number of hydrogen-bond acceptors (Lipinski definition) is 7. The number of hydrogen-bond donors (Lipinski definition) is 7. The van der Waals surface area contributed by atoms with E-state index >= 15 is 0 Å². The van der Waals surface area contributed by atoms with E-state index in [0.29, 0.717) is 12.0 Å². The van der Waals surface area contributed by atoms with Crippen molar-refractivity contribution in [2.45, 2.75) is 77.5 Å². The number of primary amides is 1. The first kappa shape index (κ1) is 40.6. The van der Waals surface area contributed by atoms with Gasteiger partial charge in [0, 0.05) is 12.8 Å². The first-order valence-corrected chi connectivity index (χ1v) is 17.2. The van der Waals surface area contributed by atoms with E-state index in [1.54, 1.807) is 44.2 Å². The Morgan fingerprint density at radius 1 is 0.692 bits per heavy atom. The van der Waals surface area contributed by atoms with Crippen LogP contribution in [0.3, 0.4) is 0 Å². The molecule has 14 heteroatoms. The van der Waals surface area contributed by atoms with Gasteiger partial charge in [-0.05, 0) is 40.2 Å². The minimum absolute atomic E-state index is 0.0281. The molecule has 0 aliphatic carbocycles. The predicted octanol–water partition coefficient (Wildman–Crippen LogP) is 1.98. The van der Waals surface area contributed by atoms with E-state index in [9.17, 15) is 38.7 Å². The van der Waals surface area contributed by atoms with Gasteiger partial charge >= 0.3 is 6.09 Å². The van der Waals surface area contributed by atoms with Crippen LogP contribution < -0.4 is 32.3 Å². The van der Waals surface area contributed by atoms with Crippen molar-refractivity contribution in [2.75, 3.05) is 6.54 Å². The highest BCUT2D eigenvalue weighted by atomic mass is 16.4. The van der Waals surface area contributed by atoms with Crippen LogP contribution in [0.4, 0.5) is 4.79 Å². The maximum Gasteiger partial charge on any atom is 0.405 e. The molecule has 0 radical (unpaired) electrons. The standard InChI is InChI=1S/C38H48N6O8/c1-5-23(4)32(44-36(49)29(17-22(2)3)42-35(48)30(43-38(51)52)19-24-11-7-6-8-12-24)33(46)37(50)40-21-31(45)41-28(34(39)47)20-25-15-16-26-13-9-10-14-27(26)18-25/h6-16,18,22-23,28-30,32,43H,5,17,19-21H2,1-4H3,(H2,39,47)(H,40,50)(H,41,45)(H,42,48)(H,44,49)(H,51,52). The van der Waals surface area contributed by atoms with Gasteiger partial charge in [-0.25, -0.2) is 4.79 Å². The van der Waals surface area contributed by atoms with Gasteiger partial charge in [0.2, 0.25) is 29.4 Å². The molecule has 6 amide bonds. The molecule has 0 saturated heterocycles. The molecule has 3 rings (SSSR count). The van der Waals surface area contributed by atoms with Crippen LogP contribution in [0.2, 0.25) is 0 Å². The number of carbonyl (C=O) groups excluding carboxylic acids is 6. The van der Waals surface area contributed by atoms with E-state index in [2.05, 4.69) is 26.6 Å². The zero-order valence-electron chi connectivity index (χ0n) is 29.8. The molecule has 0 aliphatic rings. The van der Waals surface area contributed by atoms with Gasteiger partial charge < -0.3 is 37.4 Å². The Hall–Kier alpha value is -5.79. The minimum Gasteiger partial charge on any atom is -0.465 e. The molecule has 3 aromatic rings. The molecule has 5 atom stereocenters. The summed E-state index contributed by atoms with van der Waals surface area (Å²) in [5, 5.41) is 23.5. The fourth-order valence-corrected chi connectivity index (χ4v) is 5.60.